The summed E-state index contributed by atoms with van der Waals surface area (Å²) in [4.78, 5) is 28.4. The average Bonchev–Trinajstić information content (AvgIpc) is 2.71. The molecule has 6 heteroatoms. The highest BCUT2D eigenvalue weighted by Gasteiger charge is 2.54. The minimum Gasteiger partial charge on any atom is -0.323 e. The fraction of sp³-hybridized carbons (Fsp3) is 0.174. The molecule has 29 heavy (non-hydrogen) atoms. The number of carbonyl (C=O) groups excluding carboxylic acids is 2. The van der Waals surface area contributed by atoms with E-state index in [1.165, 1.54) is 0 Å². The molecule has 0 unspecified atom stereocenters. The number of carbonyl (C=O) groups is 2. The molecule has 0 bridgehead atoms. The maximum Gasteiger partial charge on any atom is 0.294 e. The van der Waals surface area contributed by atoms with Crippen molar-refractivity contribution >= 4 is 34.8 Å². The lowest BCUT2D eigenvalue weighted by Crippen LogP contribution is -2.67. The smallest absolute Gasteiger partial charge is 0.294 e. The van der Waals surface area contributed by atoms with Crippen molar-refractivity contribution in [3.63, 3.8) is 0 Å². The van der Waals surface area contributed by atoms with Crippen LogP contribution in [0, 0.1) is 6.92 Å². The Hall–Kier alpha value is -3.18. The summed E-state index contributed by atoms with van der Waals surface area (Å²) in [6, 6.07) is 20.2. The van der Waals surface area contributed by atoms with Crippen molar-refractivity contribution in [1.29, 1.82) is 0 Å². The second kappa shape index (κ2) is 7.33. The van der Waals surface area contributed by atoms with Crippen LogP contribution in [0.15, 0.2) is 72.9 Å². The van der Waals surface area contributed by atoms with Crippen LogP contribution in [0.1, 0.15) is 18.2 Å². The molecule has 5 nitrogen and oxygen atoms in total. The van der Waals surface area contributed by atoms with E-state index in [0.29, 0.717) is 10.7 Å². The summed E-state index contributed by atoms with van der Waals surface area (Å²) in [5, 5.41) is 3.59. The lowest BCUT2D eigenvalue weighted by Gasteiger charge is -2.40. The largest absolute Gasteiger partial charge is 0.323 e. The van der Waals surface area contributed by atoms with E-state index in [9.17, 15) is 9.59 Å². The Morgan fingerprint density at radius 2 is 1.76 bits per heavy atom. The van der Waals surface area contributed by atoms with Crippen LogP contribution in [0.4, 0.5) is 11.4 Å². The molecule has 1 aliphatic rings. The van der Waals surface area contributed by atoms with E-state index >= 15 is 0 Å². The van der Waals surface area contributed by atoms with Crippen molar-refractivity contribution in [3.8, 4) is 0 Å². The molecular formula is C23H21ClN3O2+. The Morgan fingerprint density at radius 3 is 2.48 bits per heavy atom. The number of para-hydroxylation sites is 1. The number of nitrogens with zero attached hydrogens (tertiary/aromatic N) is 2. The van der Waals surface area contributed by atoms with Gasteiger partial charge in [0.05, 0.1) is 0 Å². The average molecular weight is 407 g/mol. The molecule has 0 fully saturated rings. The number of nitrogens with one attached hydrogen (secondary N) is 1. The number of fused-ring (bicyclic) bond motifs is 1. The molecule has 0 spiro atoms. The molecule has 2 amide bonds. The summed E-state index contributed by atoms with van der Waals surface area (Å²) in [5.41, 5.74) is 1.78. The lowest BCUT2D eigenvalue weighted by molar-refractivity contribution is -0.697. The number of anilines is 2. The van der Waals surface area contributed by atoms with Gasteiger partial charge in [-0.05, 0) is 49.7 Å². The van der Waals surface area contributed by atoms with Crippen molar-refractivity contribution in [2.75, 3.05) is 10.2 Å². The molecule has 3 aromatic rings. The van der Waals surface area contributed by atoms with Gasteiger partial charge in [0.25, 0.3) is 11.8 Å². The van der Waals surface area contributed by atoms with Gasteiger partial charge >= 0.3 is 0 Å². The Labute approximate surface area is 174 Å². The first-order valence-corrected chi connectivity index (χ1v) is 9.73. The molecule has 0 saturated carbocycles. The zero-order valence-corrected chi connectivity index (χ0v) is 17.0. The second-order valence-electron chi connectivity index (χ2n) is 7.26. The summed E-state index contributed by atoms with van der Waals surface area (Å²) < 4.78 is 1.83. The zero-order chi connectivity index (χ0) is 20.6. The minimum atomic E-state index is -1.24. The van der Waals surface area contributed by atoms with E-state index in [2.05, 4.69) is 5.32 Å². The van der Waals surface area contributed by atoms with Gasteiger partial charge in [-0.3, -0.25) is 14.5 Å². The standard InChI is InChI=1S/C23H20ClN3O2/c1-16-7-3-4-8-19(16)25-22(29)23(2)20-9-5-6-14-26(20)15-21(28)27(23)18-12-10-17(24)11-13-18/h3-14H,15H2,1-2H3/p+1/t23-/m0/s1. The number of aromatic nitrogens is 1. The van der Waals surface area contributed by atoms with Crippen LogP contribution in [-0.4, -0.2) is 11.8 Å². The number of rotatable bonds is 3. The number of halogens is 1. The first-order valence-electron chi connectivity index (χ1n) is 9.36. The quantitative estimate of drug-likeness (QED) is 0.672. The topological polar surface area (TPSA) is 53.3 Å². The van der Waals surface area contributed by atoms with Crippen LogP contribution in [0.3, 0.4) is 0 Å². The summed E-state index contributed by atoms with van der Waals surface area (Å²) in [6.45, 7) is 3.87. The molecule has 1 atom stereocenters. The molecule has 146 valence electrons. The number of hydrogen-bond acceptors (Lipinski definition) is 2. The van der Waals surface area contributed by atoms with Gasteiger partial charge in [-0.15, -0.1) is 0 Å². The third-order valence-corrected chi connectivity index (χ3v) is 5.61. The van der Waals surface area contributed by atoms with Gasteiger partial charge < -0.3 is 5.32 Å². The monoisotopic (exact) mass is 406 g/mol. The van der Waals surface area contributed by atoms with Crippen LogP contribution in [0.5, 0.6) is 0 Å². The third-order valence-electron chi connectivity index (χ3n) is 5.36. The molecule has 1 aromatic heterocycles. The maximum absolute atomic E-state index is 13.7. The van der Waals surface area contributed by atoms with Crippen LogP contribution < -0.4 is 14.8 Å². The molecular weight excluding hydrogens is 386 g/mol. The van der Waals surface area contributed by atoms with Gasteiger partial charge in [0.1, 0.15) is 0 Å². The summed E-state index contributed by atoms with van der Waals surface area (Å²) in [5.74, 6) is -0.451. The first kappa shape index (κ1) is 19.2. The van der Waals surface area contributed by atoms with Gasteiger partial charge in [-0.1, -0.05) is 35.9 Å². The van der Waals surface area contributed by atoms with Gasteiger partial charge in [-0.25, -0.2) is 0 Å². The zero-order valence-electron chi connectivity index (χ0n) is 16.2. The highest BCUT2D eigenvalue weighted by atomic mass is 35.5. The molecule has 1 N–H and O–H groups in total. The van der Waals surface area contributed by atoms with E-state index in [1.807, 2.05) is 60.2 Å². The van der Waals surface area contributed by atoms with Crippen molar-refractivity contribution in [1.82, 2.24) is 0 Å². The number of hydrogen-bond donors (Lipinski definition) is 1. The number of amides is 2. The predicted molar refractivity (Wildman–Crippen MR) is 113 cm³/mol. The van der Waals surface area contributed by atoms with Crippen LogP contribution in [0.2, 0.25) is 5.02 Å². The van der Waals surface area contributed by atoms with Gasteiger partial charge in [0, 0.05) is 28.5 Å². The highest BCUT2D eigenvalue weighted by Crippen LogP contribution is 2.36. The predicted octanol–water partition coefficient (Wildman–Crippen LogP) is 3.84. The first-order chi connectivity index (χ1) is 13.9. The highest BCUT2D eigenvalue weighted by molar-refractivity contribution is 6.30. The van der Waals surface area contributed by atoms with E-state index < -0.39 is 5.54 Å². The third kappa shape index (κ3) is 3.28. The van der Waals surface area contributed by atoms with Gasteiger partial charge in [0.2, 0.25) is 17.8 Å². The Kier molecular flexibility index (Phi) is 4.84. The molecule has 2 heterocycles. The van der Waals surface area contributed by atoms with Crippen molar-refractivity contribution in [2.24, 2.45) is 0 Å². The molecule has 0 aliphatic carbocycles. The van der Waals surface area contributed by atoms with Gasteiger partial charge in [-0.2, -0.15) is 4.57 Å². The van der Waals surface area contributed by atoms with E-state index in [0.717, 1.165) is 16.9 Å². The van der Waals surface area contributed by atoms with Crippen molar-refractivity contribution in [2.45, 2.75) is 25.9 Å². The molecule has 2 aromatic carbocycles. The van der Waals surface area contributed by atoms with Crippen LogP contribution in [-0.2, 0) is 21.7 Å². The second-order valence-corrected chi connectivity index (χ2v) is 7.70. The van der Waals surface area contributed by atoms with Crippen LogP contribution in [0.25, 0.3) is 0 Å². The number of pyridine rings is 1. The summed E-state index contributed by atoms with van der Waals surface area (Å²) in [7, 11) is 0. The Bertz CT molecular complexity index is 1100. The number of aryl methyl sites for hydroxylation is 1. The fourth-order valence-corrected chi connectivity index (χ4v) is 3.93. The lowest BCUT2D eigenvalue weighted by atomic mass is 9.89. The van der Waals surface area contributed by atoms with E-state index in [4.69, 9.17) is 11.6 Å². The minimum absolute atomic E-state index is 0.159. The Morgan fingerprint density at radius 1 is 1.07 bits per heavy atom. The molecule has 0 saturated heterocycles. The fourth-order valence-electron chi connectivity index (χ4n) is 3.80. The normalized spacial score (nSPS) is 18.3. The maximum atomic E-state index is 13.7. The van der Waals surface area contributed by atoms with Crippen molar-refractivity contribution < 1.29 is 14.2 Å². The summed E-state index contributed by atoms with van der Waals surface area (Å²) >= 11 is 6.04. The summed E-state index contributed by atoms with van der Waals surface area (Å²) in [6.07, 6.45) is 1.83. The SMILES string of the molecule is Cc1ccccc1NC(=O)[C@]1(C)c2cccc[n+]2CC(=O)N1c1ccc(Cl)cc1. The molecule has 4 rings (SSSR count). The molecule has 0 radical (unpaired) electrons. The van der Waals surface area contributed by atoms with Gasteiger partial charge in [0.15, 0.2) is 6.20 Å². The molecule has 1 aliphatic heterocycles. The van der Waals surface area contributed by atoms with E-state index in [1.54, 1.807) is 36.1 Å². The Balaban J connectivity index is 1.86. The van der Waals surface area contributed by atoms with Crippen molar-refractivity contribution in [3.05, 3.63) is 89.2 Å². The van der Waals surface area contributed by atoms with E-state index in [-0.39, 0.29) is 18.4 Å². The number of benzene rings is 2. The van der Waals surface area contributed by atoms with Crippen LogP contribution >= 0.6 is 11.6 Å².